The second-order valence-electron chi connectivity index (χ2n) is 17.0. The molecule has 2 aliphatic rings. The number of rotatable bonds is 5. The maximum atomic E-state index is 5.30. The van der Waals surface area contributed by atoms with E-state index in [4.69, 9.17) is 4.98 Å². The van der Waals surface area contributed by atoms with Crippen molar-refractivity contribution in [2.24, 2.45) is 0 Å². The summed E-state index contributed by atoms with van der Waals surface area (Å²) in [5.74, 6) is 0. The molecule has 0 N–H and O–H groups in total. The Kier molecular flexibility index (Phi) is 8.16. The normalized spacial score (nSPS) is 13.1. The summed E-state index contributed by atoms with van der Waals surface area (Å²) in [6.07, 6.45) is 2.08. The van der Waals surface area contributed by atoms with E-state index in [2.05, 4.69) is 248 Å². The third-order valence-electron chi connectivity index (χ3n) is 13.7. The van der Waals surface area contributed by atoms with Crippen LogP contribution in [0.25, 0.3) is 77.3 Å². The Morgan fingerprint density at radius 2 is 0.766 bits per heavy atom. The molecular formula is C62H40N2. The first-order valence-corrected chi connectivity index (χ1v) is 22.1. The number of anilines is 3. The van der Waals surface area contributed by atoms with Gasteiger partial charge in [0.2, 0.25) is 0 Å². The van der Waals surface area contributed by atoms with Crippen LogP contribution >= 0.6 is 0 Å². The number of pyridine rings is 1. The number of para-hydroxylation sites is 3. The molecule has 1 aromatic heterocycles. The minimum atomic E-state index is -0.526. The SMILES string of the molecule is c1ccc(-c2ccc(-c3c4ccccc4c(-c4ccc(-c5ccc6c(c5)C5(c7ccccc7-6)c6ccccc6N(c6ccccc6)c6ccccc65)nc4)c4ccccc34)cc2)cc1. The van der Waals surface area contributed by atoms with Crippen molar-refractivity contribution < 1.29 is 0 Å². The molecule has 10 aromatic carbocycles. The predicted molar refractivity (Wildman–Crippen MR) is 267 cm³/mol. The van der Waals surface area contributed by atoms with Crippen molar-refractivity contribution in [1.82, 2.24) is 4.98 Å². The van der Waals surface area contributed by atoms with Crippen molar-refractivity contribution in [3.63, 3.8) is 0 Å². The molecule has 0 atom stereocenters. The summed E-state index contributed by atoms with van der Waals surface area (Å²) < 4.78 is 0. The highest BCUT2D eigenvalue weighted by Gasteiger charge is 2.51. The van der Waals surface area contributed by atoms with E-state index in [0.717, 1.165) is 22.5 Å². The highest BCUT2D eigenvalue weighted by atomic mass is 15.2. The van der Waals surface area contributed by atoms with E-state index < -0.39 is 5.41 Å². The molecule has 0 unspecified atom stereocenters. The first-order chi connectivity index (χ1) is 31.8. The predicted octanol–water partition coefficient (Wildman–Crippen LogP) is 16.2. The standard InChI is InChI=1S/C62H40N2/c1-3-17-41(18-4-1)42-31-33-43(34-32-42)60-49-22-7-9-24-51(49)61(52-25-10-8-23-50(52)60)45-36-38-57(63-40-45)44-35-37-48-47-21-11-12-26-53(47)62(56(48)39-44)54-27-13-15-29-58(54)64(46-19-5-2-6-20-46)59-30-16-14-28-55(59)62/h1-40H. The van der Waals surface area contributed by atoms with Crippen molar-refractivity contribution in [2.75, 3.05) is 4.90 Å². The highest BCUT2D eigenvalue weighted by Crippen LogP contribution is 2.63. The molecule has 64 heavy (non-hydrogen) atoms. The average molecular weight is 813 g/mol. The van der Waals surface area contributed by atoms with E-state index in [-0.39, 0.29) is 0 Å². The van der Waals surface area contributed by atoms with Crippen molar-refractivity contribution in [3.8, 4) is 55.8 Å². The summed E-state index contributed by atoms with van der Waals surface area (Å²) in [6, 6.07) is 86.6. The smallest absolute Gasteiger partial charge is 0.0754 e. The Bertz CT molecular complexity index is 3490. The monoisotopic (exact) mass is 812 g/mol. The molecule has 0 fully saturated rings. The van der Waals surface area contributed by atoms with Crippen LogP contribution in [-0.2, 0) is 5.41 Å². The maximum Gasteiger partial charge on any atom is 0.0754 e. The van der Waals surface area contributed by atoms with Gasteiger partial charge in [0.05, 0.1) is 22.5 Å². The summed E-state index contributed by atoms with van der Waals surface area (Å²) in [6.45, 7) is 0. The Morgan fingerprint density at radius 1 is 0.312 bits per heavy atom. The lowest BCUT2D eigenvalue weighted by atomic mass is 9.64. The van der Waals surface area contributed by atoms with Crippen LogP contribution < -0.4 is 4.90 Å². The number of aromatic nitrogens is 1. The minimum Gasteiger partial charge on any atom is -0.310 e. The van der Waals surface area contributed by atoms with Crippen molar-refractivity contribution in [3.05, 3.63) is 265 Å². The van der Waals surface area contributed by atoms with Gasteiger partial charge in [0.1, 0.15) is 0 Å². The van der Waals surface area contributed by atoms with Gasteiger partial charge in [0, 0.05) is 23.0 Å². The zero-order valence-electron chi connectivity index (χ0n) is 35.0. The zero-order chi connectivity index (χ0) is 42.2. The lowest BCUT2D eigenvalue weighted by Crippen LogP contribution is -2.36. The Morgan fingerprint density at radius 3 is 1.38 bits per heavy atom. The summed E-state index contributed by atoms with van der Waals surface area (Å²) in [5.41, 5.74) is 20.0. The van der Waals surface area contributed by atoms with Gasteiger partial charge in [0.25, 0.3) is 0 Å². The highest BCUT2D eigenvalue weighted by molar-refractivity contribution is 6.21. The van der Waals surface area contributed by atoms with Crippen molar-refractivity contribution in [1.29, 1.82) is 0 Å². The molecule has 0 saturated carbocycles. The largest absolute Gasteiger partial charge is 0.310 e. The molecule has 1 spiro atoms. The topological polar surface area (TPSA) is 16.1 Å². The first kappa shape index (κ1) is 36.3. The summed E-state index contributed by atoms with van der Waals surface area (Å²) in [5, 5.41) is 4.90. The molecule has 0 saturated heterocycles. The second-order valence-corrected chi connectivity index (χ2v) is 17.0. The van der Waals surface area contributed by atoms with Crippen LogP contribution in [0.4, 0.5) is 17.1 Å². The summed E-state index contributed by atoms with van der Waals surface area (Å²) in [4.78, 5) is 7.73. The Labute approximate surface area is 373 Å². The molecule has 1 aliphatic carbocycles. The number of nitrogens with zero attached hydrogens (tertiary/aromatic N) is 2. The quantitative estimate of drug-likeness (QED) is 0.161. The molecule has 13 rings (SSSR count). The van der Waals surface area contributed by atoms with Gasteiger partial charge < -0.3 is 4.90 Å². The minimum absolute atomic E-state index is 0.526. The van der Waals surface area contributed by atoms with Crippen LogP contribution in [0.2, 0.25) is 0 Å². The summed E-state index contributed by atoms with van der Waals surface area (Å²) >= 11 is 0. The fourth-order valence-electron chi connectivity index (χ4n) is 11.0. The second kappa shape index (κ2) is 14.4. The van der Waals surface area contributed by atoms with Gasteiger partial charge >= 0.3 is 0 Å². The third-order valence-corrected chi connectivity index (χ3v) is 13.7. The van der Waals surface area contributed by atoms with Crippen molar-refractivity contribution >= 4 is 38.6 Å². The van der Waals surface area contributed by atoms with Crippen LogP contribution in [0, 0.1) is 0 Å². The van der Waals surface area contributed by atoms with Gasteiger partial charge in [-0.15, -0.1) is 0 Å². The van der Waals surface area contributed by atoms with Gasteiger partial charge in [0.15, 0.2) is 0 Å². The van der Waals surface area contributed by atoms with E-state index >= 15 is 0 Å². The van der Waals surface area contributed by atoms with E-state index in [1.54, 1.807) is 0 Å². The molecular weight excluding hydrogens is 773 g/mol. The van der Waals surface area contributed by atoms with Crippen LogP contribution in [0.15, 0.2) is 243 Å². The number of hydrogen-bond acceptors (Lipinski definition) is 2. The van der Waals surface area contributed by atoms with Crippen LogP contribution in [0.5, 0.6) is 0 Å². The molecule has 0 radical (unpaired) electrons. The van der Waals surface area contributed by atoms with Gasteiger partial charge in [-0.1, -0.05) is 200 Å². The molecule has 0 bridgehead atoms. The van der Waals surface area contributed by atoms with E-state index in [1.165, 1.54) is 94.1 Å². The number of benzene rings is 10. The molecule has 2 heterocycles. The number of fused-ring (bicyclic) bond motifs is 11. The molecule has 2 nitrogen and oxygen atoms in total. The zero-order valence-corrected chi connectivity index (χ0v) is 35.0. The van der Waals surface area contributed by atoms with Crippen LogP contribution in [-0.4, -0.2) is 4.98 Å². The lowest BCUT2D eigenvalue weighted by Gasteiger charge is -2.45. The average Bonchev–Trinajstić information content (AvgIpc) is 3.66. The van der Waals surface area contributed by atoms with E-state index in [0.29, 0.717) is 0 Å². The molecule has 11 aromatic rings. The molecule has 2 heteroatoms. The number of hydrogen-bond donors (Lipinski definition) is 0. The van der Waals surface area contributed by atoms with Gasteiger partial charge in [-0.3, -0.25) is 4.98 Å². The third kappa shape index (κ3) is 5.30. The molecule has 0 amide bonds. The Hall–Kier alpha value is -8.33. The van der Waals surface area contributed by atoms with Gasteiger partial charge in [-0.05, 0) is 119 Å². The Balaban J connectivity index is 0.955. The van der Waals surface area contributed by atoms with E-state index in [1.807, 2.05) is 0 Å². The lowest BCUT2D eigenvalue weighted by molar-refractivity contribution is 0.753. The first-order valence-electron chi connectivity index (χ1n) is 22.1. The summed E-state index contributed by atoms with van der Waals surface area (Å²) in [7, 11) is 0. The maximum absolute atomic E-state index is 5.30. The van der Waals surface area contributed by atoms with Crippen LogP contribution in [0.3, 0.4) is 0 Å². The van der Waals surface area contributed by atoms with Crippen molar-refractivity contribution in [2.45, 2.75) is 5.41 Å². The fraction of sp³-hybridized carbons (Fsp3) is 0.0161. The van der Waals surface area contributed by atoms with Gasteiger partial charge in [-0.25, -0.2) is 0 Å². The van der Waals surface area contributed by atoms with Crippen LogP contribution in [0.1, 0.15) is 22.3 Å². The molecule has 1 aliphatic heterocycles. The van der Waals surface area contributed by atoms with E-state index in [9.17, 15) is 0 Å². The molecule has 298 valence electrons. The van der Waals surface area contributed by atoms with Gasteiger partial charge in [-0.2, -0.15) is 0 Å². The fourth-order valence-corrected chi connectivity index (χ4v) is 11.0.